The molecule has 0 radical (unpaired) electrons. The third kappa shape index (κ3) is 3.81. The summed E-state index contributed by atoms with van der Waals surface area (Å²) in [4.78, 5) is 14.7. The van der Waals surface area contributed by atoms with E-state index in [1.807, 2.05) is 30.3 Å². The van der Waals surface area contributed by atoms with E-state index in [2.05, 4.69) is 4.90 Å². The highest BCUT2D eigenvalue weighted by Crippen LogP contribution is 2.33. The highest BCUT2D eigenvalue weighted by atomic mass is 16.5. The molecule has 3 fully saturated rings. The highest BCUT2D eigenvalue weighted by Gasteiger charge is 2.41. The predicted octanol–water partition coefficient (Wildman–Crippen LogP) is 2.80. The normalized spacial score (nSPS) is 29.5. The van der Waals surface area contributed by atoms with Crippen LogP contribution >= 0.6 is 0 Å². The van der Waals surface area contributed by atoms with Gasteiger partial charge in [0.1, 0.15) is 0 Å². The summed E-state index contributed by atoms with van der Waals surface area (Å²) in [5.41, 5.74) is 1.09. The van der Waals surface area contributed by atoms with Crippen LogP contribution in [0.2, 0.25) is 0 Å². The summed E-state index contributed by atoms with van der Waals surface area (Å²) >= 11 is 0. The van der Waals surface area contributed by atoms with Gasteiger partial charge in [0.25, 0.3) is 0 Å². The van der Waals surface area contributed by atoms with Crippen LogP contribution in [-0.2, 0) is 20.7 Å². The number of ether oxygens (including phenoxy) is 2. The fraction of sp³-hybridized carbons (Fsp3) is 0.650. The van der Waals surface area contributed by atoms with Crippen molar-refractivity contribution >= 4 is 5.91 Å². The summed E-state index contributed by atoms with van der Waals surface area (Å²) in [6.45, 7) is 2.45. The number of amides is 1. The molecule has 2 heterocycles. The number of nitrogens with zero attached hydrogens (tertiary/aromatic N) is 1. The maximum atomic E-state index is 12.7. The lowest BCUT2D eigenvalue weighted by Gasteiger charge is -2.36. The molecule has 0 spiro atoms. The second-order valence-electron chi connectivity index (χ2n) is 7.46. The lowest BCUT2D eigenvalue weighted by Crippen LogP contribution is -2.46. The highest BCUT2D eigenvalue weighted by molar-refractivity contribution is 5.79. The molecule has 130 valence electrons. The summed E-state index contributed by atoms with van der Waals surface area (Å²) in [6.07, 6.45) is 6.58. The van der Waals surface area contributed by atoms with Crippen molar-refractivity contribution in [1.29, 1.82) is 0 Å². The fourth-order valence-corrected chi connectivity index (χ4v) is 3.95. The number of likely N-dealkylation sites (tertiary alicyclic amines) is 1. The smallest absolute Gasteiger partial charge is 0.227 e. The van der Waals surface area contributed by atoms with Gasteiger partial charge >= 0.3 is 0 Å². The predicted molar refractivity (Wildman–Crippen MR) is 91.7 cm³/mol. The Balaban J connectivity index is 1.27. The molecule has 2 saturated heterocycles. The van der Waals surface area contributed by atoms with Gasteiger partial charge in [-0.05, 0) is 43.6 Å². The van der Waals surface area contributed by atoms with E-state index in [0.29, 0.717) is 6.42 Å². The van der Waals surface area contributed by atoms with Crippen LogP contribution in [-0.4, -0.2) is 48.8 Å². The molecule has 4 heteroatoms. The molecule has 0 bridgehead atoms. The largest absolute Gasteiger partial charge is 0.378 e. The Kier molecular flexibility index (Phi) is 4.86. The van der Waals surface area contributed by atoms with E-state index in [4.69, 9.17) is 9.47 Å². The van der Waals surface area contributed by atoms with Crippen molar-refractivity contribution in [3.63, 3.8) is 0 Å². The Labute approximate surface area is 144 Å². The minimum atomic E-state index is 0.202. The number of fused-ring (bicyclic) bond motifs is 1. The van der Waals surface area contributed by atoms with Crippen LogP contribution in [0.15, 0.2) is 30.3 Å². The van der Waals surface area contributed by atoms with E-state index in [1.54, 1.807) is 0 Å². The molecule has 1 aromatic rings. The lowest BCUT2D eigenvalue weighted by atomic mass is 9.99. The summed E-state index contributed by atoms with van der Waals surface area (Å²) in [5, 5.41) is 0. The minimum absolute atomic E-state index is 0.202. The number of rotatable bonds is 6. The van der Waals surface area contributed by atoms with Crippen molar-refractivity contribution in [2.45, 2.75) is 56.8 Å². The summed E-state index contributed by atoms with van der Waals surface area (Å²) in [6, 6.07) is 10.3. The molecule has 4 nitrogen and oxygen atoms in total. The maximum absolute atomic E-state index is 12.7. The van der Waals surface area contributed by atoms with Crippen LogP contribution in [0.1, 0.15) is 37.7 Å². The SMILES string of the molecule is O=C(Cc1ccccc1)N1CC[C@@H]2O[C@H](COCC3CC3)CC[C@@H]21. The molecule has 1 aromatic carbocycles. The lowest BCUT2D eigenvalue weighted by molar-refractivity contribution is -0.138. The average Bonchev–Trinajstić information content (AvgIpc) is 3.32. The summed E-state index contributed by atoms with van der Waals surface area (Å²) in [7, 11) is 0. The Morgan fingerprint density at radius 2 is 1.92 bits per heavy atom. The fourth-order valence-electron chi connectivity index (χ4n) is 3.95. The second kappa shape index (κ2) is 7.24. The molecule has 2 aliphatic heterocycles. The standard InChI is InChI=1S/C20H27NO3/c22-20(12-15-4-2-1-3-5-15)21-11-10-19-18(21)9-8-17(24-19)14-23-13-16-6-7-16/h1-5,16-19H,6-14H2/t17-,18-,19-/m0/s1. The first-order valence-electron chi connectivity index (χ1n) is 9.36. The number of carbonyl (C=O) groups excluding carboxylic acids is 1. The number of hydrogen-bond acceptors (Lipinski definition) is 3. The van der Waals surface area contributed by atoms with E-state index >= 15 is 0 Å². The number of benzene rings is 1. The first-order chi connectivity index (χ1) is 11.8. The van der Waals surface area contributed by atoms with Crippen LogP contribution < -0.4 is 0 Å². The van der Waals surface area contributed by atoms with Crippen molar-refractivity contribution in [2.24, 2.45) is 5.92 Å². The van der Waals surface area contributed by atoms with Crippen molar-refractivity contribution in [1.82, 2.24) is 4.90 Å². The van der Waals surface area contributed by atoms with Crippen LogP contribution in [0, 0.1) is 5.92 Å². The Morgan fingerprint density at radius 1 is 1.08 bits per heavy atom. The minimum Gasteiger partial charge on any atom is -0.378 e. The maximum Gasteiger partial charge on any atom is 0.227 e. The number of hydrogen-bond donors (Lipinski definition) is 0. The topological polar surface area (TPSA) is 38.8 Å². The van der Waals surface area contributed by atoms with Gasteiger partial charge in [-0.3, -0.25) is 4.79 Å². The molecule has 3 aliphatic rings. The molecule has 1 aliphatic carbocycles. The van der Waals surface area contributed by atoms with Gasteiger partial charge in [0.2, 0.25) is 5.91 Å². The van der Waals surface area contributed by atoms with E-state index in [1.165, 1.54) is 12.8 Å². The van der Waals surface area contributed by atoms with Crippen molar-refractivity contribution < 1.29 is 14.3 Å². The van der Waals surface area contributed by atoms with Crippen LogP contribution in [0.5, 0.6) is 0 Å². The zero-order chi connectivity index (χ0) is 16.4. The molecule has 0 aromatic heterocycles. The zero-order valence-corrected chi connectivity index (χ0v) is 14.2. The van der Waals surface area contributed by atoms with Crippen LogP contribution in [0.25, 0.3) is 0 Å². The molecule has 1 saturated carbocycles. The molecular weight excluding hydrogens is 302 g/mol. The Bertz CT molecular complexity index is 557. The molecule has 24 heavy (non-hydrogen) atoms. The quantitative estimate of drug-likeness (QED) is 0.805. The third-order valence-corrected chi connectivity index (χ3v) is 5.51. The van der Waals surface area contributed by atoms with E-state index in [9.17, 15) is 4.79 Å². The van der Waals surface area contributed by atoms with Gasteiger partial charge in [0, 0.05) is 13.2 Å². The van der Waals surface area contributed by atoms with Crippen molar-refractivity contribution in [3.8, 4) is 0 Å². The monoisotopic (exact) mass is 329 g/mol. The van der Waals surface area contributed by atoms with Gasteiger partial charge in [-0.1, -0.05) is 30.3 Å². The first-order valence-corrected chi connectivity index (χ1v) is 9.36. The van der Waals surface area contributed by atoms with Crippen molar-refractivity contribution in [3.05, 3.63) is 35.9 Å². The van der Waals surface area contributed by atoms with Gasteiger partial charge < -0.3 is 14.4 Å². The van der Waals surface area contributed by atoms with Gasteiger partial charge in [-0.2, -0.15) is 0 Å². The van der Waals surface area contributed by atoms with Crippen LogP contribution in [0.4, 0.5) is 0 Å². The van der Waals surface area contributed by atoms with Crippen molar-refractivity contribution in [2.75, 3.05) is 19.8 Å². The zero-order valence-electron chi connectivity index (χ0n) is 14.2. The summed E-state index contributed by atoms with van der Waals surface area (Å²) in [5.74, 6) is 1.04. The van der Waals surface area contributed by atoms with E-state index < -0.39 is 0 Å². The molecular formula is C20H27NO3. The first kappa shape index (κ1) is 16.1. The molecule has 3 atom stereocenters. The summed E-state index contributed by atoms with van der Waals surface area (Å²) < 4.78 is 12.0. The van der Waals surface area contributed by atoms with Crippen LogP contribution in [0.3, 0.4) is 0 Å². The molecule has 1 amide bonds. The van der Waals surface area contributed by atoms with E-state index in [0.717, 1.165) is 50.5 Å². The Morgan fingerprint density at radius 3 is 2.71 bits per heavy atom. The van der Waals surface area contributed by atoms with Gasteiger partial charge in [-0.15, -0.1) is 0 Å². The Hall–Kier alpha value is -1.39. The van der Waals surface area contributed by atoms with Gasteiger partial charge in [0.05, 0.1) is 31.3 Å². The molecule has 0 N–H and O–H groups in total. The van der Waals surface area contributed by atoms with E-state index in [-0.39, 0.29) is 24.2 Å². The third-order valence-electron chi connectivity index (χ3n) is 5.51. The average molecular weight is 329 g/mol. The van der Waals surface area contributed by atoms with Gasteiger partial charge in [0.15, 0.2) is 0 Å². The van der Waals surface area contributed by atoms with Gasteiger partial charge in [-0.25, -0.2) is 0 Å². The molecule has 0 unspecified atom stereocenters. The second-order valence-corrected chi connectivity index (χ2v) is 7.46. The number of carbonyl (C=O) groups is 1. The molecule has 4 rings (SSSR count).